The number of nitrogens with two attached hydrogens (primary N) is 2. The van der Waals surface area contributed by atoms with E-state index in [-0.39, 0.29) is 5.92 Å². The molecular weight excluding hydrogens is 284 g/mol. The molecule has 0 aliphatic heterocycles. The average Bonchev–Trinajstić information content (AvgIpc) is 2.36. The van der Waals surface area contributed by atoms with Gasteiger partial charge in [-0.15, -0.1) is 0 Å². The van der Waals surface area contributed by atoms with Gasteiger partial charge in [0.1, 0.15) is 11.5 Å². The van der Waals surface area contributed by atoms with Crippen molar-refractivity contribution in [1.29, 1.82) is 0 Å². The summed E-state index contributed by atoms with van der Waals surface area (Å²) in [6.07, 6.45) is 0.804. The van der Waals surface area contributed by atoms with E-state index in [2.05, 4.69) is 15.9 Å². The van der Waals surface area contributed by atoms with E-state index in [1.807, 2.05) is 12.1 Å². The van der Waals surface area contributed by atoms with Crippen LogP contribution in [0.1, 0.15) is 5.56 Å². The van der Waals surface area contributed by atoms with E-state index in [0.717, 1.165) is 28.0 Å². The van der Waals surface area contributed by atoms with E-state index in [1.54, 1.807) is 14.2 Å². The summed E-state index contributed by atoms with van der Waals surface area (Å²) in [5.74, 6) is 1.82. The lowest BCUT2D eigenvalue weighted by Crippen LogP contribution is -2.25. The predicted molar refractivity (Wildman–Crippen MR) is 72.5 cm³/mol. The van der Waals surface area contributed by atoms with Gasteiger partial charge in [0.2, 0.25) is 0 Å². The molecule has 17 heavy (non-hydrogen) atoms. The summed E-state index contributed by atoms with van der Waals surface area (Å²) in [5, 5.41) is 0. The Kier molecular flexibility index (Phi) is 5.74. The quantitative estimate of drug-likeness (QED) is 0.836. The van der Waals surface area contributed by atoms with Crippen LogP contribution in [-0.4, -0.2) is 27.3 Å². The van der Waals surface area contributed by atoms with Crippen LogP contribution in [0.25, 0.3) is 0 Å². The van der Waals surface area contributed by atoms with Gasteiger partial charge in [0, 0.05) is 6.07 Å². The van der Waals surface area contributed by atoms with Crippen molar-refractivity contribution in [2.24, 2.45) is 17.4 Å². The summed E-state index contributed by atoms with van der Waals surface area (Å²) in [4.78, 5) is 0. The lowest BCUT2D eigenvalue weighted by Gasteiger charge is -2.16. The fourth-order valence-electron chi connectivity index (χ4n) is 1.66. The Bertz CT molecular complexity index is 368. The highest BCUT2D eigenvalue weighted by Crippen LogP contribution is 2.33. The summed E-state index contributed by atoms with van der Waals surface area (Å²) < 4.78 is 11.5. The summed E-state index contributed by atoms with van der Waals surface area (Å²) in [7, 11) is 3.27. The Hall–Kier alpha value is -0.780. The highest BCUT2D eigenvalue weighted by molar-refractivity contribution is 9.10. The van der Waals surface area contributed by atoms with Gasteiger partial charge in [-0.05, 0) is 53.0 Å². The van der Waals surface area contributed by atoms with Gasteiger partial charge >= 0.3 is 0 Å². The smallest absolute Gasteiger partial charge is 0.136 e. The number of ether oxygens (including phenoxy) is 2. The molecule has 4 nitrogen and oxygen atoms in total. The average molecular weight is 303 g/mol. The van der Waals surface area contributed by atoms with E-state index in [4.69, 9.17) is 20.9 Å². The summed E-state index contributed by atoms with van der Waals surface area (Å²) in [5.41, 5.74) is 12.4. The normalized spacial score (nSPS) is 10.7. The Morgan fingerprint density at radius 2 is 1.71 bits per heavy atom. The first kappa shape index (κ1) is 14.3. The van der Waals surface area contributed by atoms with Crippen LogP contribution < -0.4 is 20.9 Å². The highest BCUT2D eigenvalue weighted by atomic mass is 79.9. The molecule has 1 rings (SSSR count). The largest absolute Gasteiger partial charge is 0.496 e. The second kappa shape index (κ2) is 6.83. The van der Waals surface area contributed by atoms with Gasteiger partial charge < -0.3 is 20.9 Å². The standard InChI is InChI=1S/C12H19BrN2O2/c1-16-11-5-12(17-2)10(13)4-9(11)3-8(6-14)7-15/h4-5,8H,3,6-7,14-15H2,1-2H3. The molecule has 0 atom stereocenters. The van der Waals surface area contributed by atoms with Crippen LogP contribution in [-0.2, 0) is 6.42 Å². The minimum atomic E-state index is 0.268. The van der Waals surface area contributed by atoms with Gasteiger partial charge in [0.15, 0.2) is 0 Å². The van der Waals surface area contributed by atoms with Crippen molar-refractivity contribution in [3.05, 3.63) is 22.2 Å². The van der Waals surface area contributed by atoms with Crippen molar-refractivity contribution in [3.8, 4) is 11.5 Å². The molecular formula is C12H19BrN2O2. The molecule has 1 aromatic rings. The molecule has 0 heterocycles. The number of benzene rings is 1. The molecule has 0 unspecified atom stereocenters. The molecule has 0 aromatic heterocycles. The lowest BCUT2D eigenvalue weighted by molar-refractivity contribution is 0.386. The number of methoxy groups -OCH3 is 2. The molecule has 0 fully saturated rings. The maximum absolute atomic E-state index is 5.66. The Morgan fingerprint density at radius 3 is 2.18 bits per heavy atom. The first-order valence-corrected chi connectivity index (χ1v) is 6.26. The molecule has 1 aromatic carbocycles. The van der Waals surface area contributed by atoms with Crippen molar-refractivity contribution in [2.45, 2.75) is 6.42 Å². The molecule has 96 valence electrons. The van der Waals surface area contributed by atoms with Gasteiger partial charge in [-0.1, -0.05) is 0 Å². The van der Waals surface area contributed by atoms with Crippen molar-refractivity contribution in [3.63, 3.8) is 0 Å². The summed E-state index contributed by atoms with van der Waals surface area (Å²) in [6.45, 7) is 1.15. The highest BCUT2D eigenvalue weighted by Gasteiger charge is 2.13. The van der Waals surface area contributed by atoms with E-state index >= 15 is 0 Å². The van der Waals surface area contributed by atoms with Crippen LogP contribution in [0, 0.1) is 5.92 Å². The van der Waals surface area contributed by atoms with E-state index in [9.17, 15) is 0 Å². The third-order valence-electron chi connectivity index (χ3n) is 2.73. The molecule has 5 heteroatoms. The minimum absolute atomic E-state index is 0.268. The molecule has 0 spiro atoms. The number of hydrogen-bond acceptors (Lipinski definition) is 4. The third kappa shape index (κ3) is 3.59. The Morgan fingerprint density at radius 1 is 1.12 bits per heavy atom. The van der Waals surface area contributed by atoms with Crippen molar-refractivity contribution in [1.82, 2.24) is 0 Å². The van der Waals surface area contributed by atoms with Crippen LogP contribution in [0.15, 0.2) is 16.6 Å². The predicted octanol–water partition coefficient (Wildman–Crippen LogP) is 1.54. The molecule has 0 bridgehead atoms. The van der Waals surface area contributed by atoms with E-state index < -0.39 is 0 Å². The van der Waals surface area contributed by atoms with E-state index in [1.165, 1.54) is 0 Å². The van der Waals surface area contributed by atoms with Gasteiger partial charge in [-0.25, -0.2) is 0 Å². The zero-order valence-corrected chi connectivity index (χ0v) is 11.8. The monoisotopic (exact) mass is 302 g/mol. The lowest BCUT2D eigenvalue weighted by atomic mass is 9.98. The third-order valence-corrected chi connectivity index (χ3v) is 3.35. The molecule has 0 saturated heterocycles. The van der Waals surface area contributed by atoms with Gasteiger partial charge in [0.05, 0.1) is 18.7 Å². The summed E-state index contributed by atoms with van der Waals surface area (Å²) in [6, 6.07) is 3.86. The molecule has 4 N–H and O–H groups in total. The first-order valence-electron chi connectivity index (χ1n) is 5.46. The minimum Gasteiger partial charge on any atom is -0.496 e. The second-order valence-electron chi connectivity index (χ2n) is 3.84. The fraction of sp³-hybridized carbons (Fsp3) is 0.500. The Labute approximate surface area is 110 Å². The molecule has 0 saturated carbocycles. The second-order valence-corrected chi connectivity index (χ2v) is 4.69. The number of hydrogen-bond donors (Lipinski definition) is 2. The molecule has 0 aliphatic rings. The van der Waals surface area contributed by atoms with E-state index in [0.29, 0.717) is 13.1 Å². The maximum Gasteiger partial charge on any atom is 0.136 e. The van der Waals surface area contributed by atoms with Gasteiger partial charge in [0.25, 0.3) is 0 Å². The zero-order chi connectivity index (χ0) is 12.8. The van der Waals surface area contributed by atoms with Gasteiger partial charge in [-0.3, -0.25) is 0 Å². The van der Waals surface area contributed by atoms with Crippen LogP contribution in [0.2, 0.25) is 0 Å². The van der Waals surface area contributed by atoms with Crippen LogP contribution in [0.5, 0.6) is 11.5 Å². The Balaban J connectivity index is 3.01. The molecule has 0 radical (unpaired) electrons. The van der Waals surface area contributed by atoms with Crippen molar-refractivity contribution < 1.29 is 9.47 Å². The molecule has 0 aliphatic carbocycles. The van der Waals surface area contributed by atoms with Gasteiger partial charge in [-0.2, -0.15) is 0 Å². The van der Waals surface area contributed by atoms with Crippen molar-refractivity contribution >= 4 is 15.9 Å². The first-order chi connectivity index (χ1) is 8.15. The SMILES string of the molecule is COc1cc(OC)c(CC(CN)CN)cc1Br. The van der Waals surface area contributed by atoms with Crippen LogP contribution in [0.4, 0.5) is 0 Å². The summed E-state index contributed by atoms with van der Waals surface area (Å²) >= 11 is 3.46. The number of rotatable bonds is 6. The van der Waals surface area contributed by atoms with Crippen LogP contribution >= 0.6 is 15.9 Å². The fourth-order valence-corrected chi connectivity index (χ4v) is 2.21. The topological polar surface area (TPSA) is 70.5 Å². The molecule has 0 amide bonds. The number of halogens is 1. The zero-order valence-electron chi connectivity index (χ0n) is 10.2. The maximum atomic E-state index is 5.66. The van der Waals surface area contributed by atoms with Crippen molar-refractivity contribution in [2.75, 3.05) is 27.3 Å². The van der Waals surface area contributed by atoms with Crippen LogP contribution in [0.3, 0.4) is 0 Å².